The Labute approximate surface area is 120 Å². The Hall–Kier alpha value is -2.64. The van der Waals surface area contributed by atoms with Gasteiger partial charge in [0.2, 0.25) is 5.91 Å². The molecule has 0 saturated carbocycles. The van der Waals surface area contributed by atoms with Crippen molar-refractivity contribution in [2.45, 2.75) is 12.8 Å². The second-order valence-electron chi connectivity index (χ2n) is 4.82. The number of non-ortho nitro benzene ring substituents is 1. The van der Waals surface area contributed by atoms with E-state index in [9.17, 15) is 19.7 Å². The van der Waals surface area contributed by atoms with Gasteiger partial charge in [0, 0.05) is 44.4 Å². The van der Waals surface area contributed by atoms with Gasteiger partial charge in [0.15, 0.2) is 0 Å². The fraction of sp³-hybridized carbons (Fsp3) is 0.385. The van der Waals surface area contributed by atoms with E-state index in [2.05, 4.69) is 0 Å². The Morgan fingerprint density at radius 3 is 2.81 bits per heavy atom. The molecule has 1 aromatic rings. The highest BCUT2D eigenvalue weighted by molar-refractivity contribution is 5.96. The Morgan fingerprint density at radius 1 is 1.48 bits per heavy atom. The number of benzene rings is 1. The van der Waals surface area contributed by atoms with E-state index in [1.807, 2.05) is 0 Å². The average molecular weight is 293 g/mol. The van der Waals surface area contributed by atoms with Crippen LogP contribution in [0.15, 0.2) is 18.2 Å². The smallest absolute Gasteiger partial charge is 0.407 e. The zero-order chi connectivity index (χ0) is 15.6. The van der Waals surface area contributed by atoms with Crippen molar-refractivity contribution in [1.29, 1.82) is 0 Å². The van der Waals surface area contributed by atoms with Gasteiger partial charge < -0.3 is 14.9 Å². The summed E-state index contributed by atoms with van der Waals surface area (Å²) in [6.45, 7) is 0.407. The second-order valence-corrected chi connectivity index (χ2v) is 4.82. The van der Waals surface area contributed by atoms with E-state index in [0.29, 0.717) is 12.1 Å². The molecule has 1 aliphatic rings. The number of carboxylic acid groups (broad SMARTS) is 1. The molecule has 1 heterocycles. The Morgan fingerprint density at radius 2 is 2.19 bits per heavy atom. The van der Waals surface area contributed by atoms with Gasteiger partial charge in [-0.25, -0.2) is 4.79 Å². The molecule has 0 bridgehead atoms. The first-order valence-corrected chi connectivity index (χ1v) is 6.42. The molecule has 8 heteroatoms. The third kappa shape index (κ3) is 3.10. The number of nitro benzene ring substituents is 1. The van der Waals surface area contributed by atoms with Gasteiger partial charge in [-0.1, -0.05) is 0 Å². The van der Waals surface area contributed by atoms with E-state index in [1.54, 1.807) is 6.07 Å². The summed E-state index contributed by atoms with van der Waals surface area (Å²) in [6, 6.07) is 4.37. The predicted octanol–water partition coefficient (Wildman–Crippen LogP) is 1.48. The van der Waals surface area contributed by atoms with Gasteiger partial charge in [-0.05, 0) is 18.1 Å². The zero-order valence-electron chi connectivity index (χ0n) is 11.5. The number of nitrogens with zero attached hydrogens (tertiary/aromatic N) is 3. The van der Waals surface area contributed by atoms with Crippen molar-refractivity contribution in [3.8, 4) is 0 Å². The Bertz CT molecular complexity index is 601. The maximum atomic E-state index is 12.0. The summed E-state index contributed by atoms with van der Waals surface area (Å²) in [7, 11) is 1.42. The normalized spacial score (nSPS) is 13.8. The number of fused-ring (bicyclic) bond motifs is 1. The van der Waals surface area contributed by atoms with Crippen molar-refractivity contribution < 1.29 is 19.6 Å². The molecular weight excluding hydrogens is 278 g/mol. The minimum absolute atomic E-state index is 0.00861. The molecule has 0 atom stereocenters. The summed E-state index contributed by atoms with van der Waals surface area (Å²) < 4.78 is 0. The Kier molecular flexibility index (Phi) is 4.06. The average Bonchev–Trinajstić information content (AvgIpc) is 2.45. The molecule has 112 valence electrons. The standard InChI is InChI=1S/C13H15N3O5/c1-14(13(18)19)6-7-15-11-4-3-10(16(20)21)8-9(11)2-5-12(15)17/h3-4,8H,2,5-7H2,1H3,(H,18,19). The van der Waals surface area contributed by atoms with Crippen LogP contribution in [0.25, 0.3) is 0 Å². The molecule has 8 nitrogen and oxygen atoms in total. The number of aryl methyl sites for hydroxylation is 1. The largest absolute Gasteiger partial charge is 0.465 e. The van der Waals surface area contributed by atoms with Crippen LogP contribution < -0.4 is 4.90 Å². The first-order valence-electron chi connectivity index (χ1n) is 6.42. The summed E-state index contributed by atoms with van der Waals surface area (Å²) in [6.07, 6.45) is -0.338. The van der Waals surface area contributed by atoms with Gasteiger partial charge >= 0.3 is 6.09 Å². The third-order valence-corrected chi connectivity index (χ3v) is 3.46. The number of carbonyl (C=O) groups is 2. The predicted molar refractivity (Wildman–Crippen MR) is 74.4 cm³/mol. The van der Waals surface area contributed by atoms with E-state index in [4.69, 9.17) is 5.11 Å². The molecule has 2 amide bonds. The number of carbonyl (C=O) groups excluding carboxylic acids is 1. The second kappa shape index (κ2) is 5.78. The van der Waals surface area contributed by atoms with Crippen molar-refractivity contribution in [1.82, 2.24) is 4.90 Å². The highest BCUT2D eigenvalue weighted by Crippen LogP contribution is 2.30. The van der Waals surface area contributed by atoms with Gasteiger partial charge in [0.1, 0.15) is 0 Å². The lowest BCUT2D eigenvalue weighted by Gasteiger charge is -2.30. The molecule has 0 aromatic heterocycles. The van der Waals surface area contributed by atoms with Crippen molar-refractivity contribution in [2.75, 3.05) is 25.0 Å². The van der Waals surface area contributed by atoms with E-state index in [-0.39, 0.29) is 31.1 Å². The summed E-state index contributed by atoms with van der Waals surface area (Å²) in [5.74, 6) is -0.102. The zero-order valence-corrected chi connectivity index (χ0v) is 11.5. The third-order valence-electron chi connectivity index (χ3n) is 3.46. The van der Waals surface area contributed by atoms with E-state index in [1.165, 1.54) is 24.1 Å². The molecule has 0 fully saturated rings. The van der Waals surface area contributed by atoms with Crippen LogP contribution in [0.2, 0.25) is 0 Å². The van der Waals surface area contributed by atoms with Crippen LogP contribution in [0.5, 0.6) is 0 Å². The molecule has 0 aliphatic carbocycles. The van der Waals surface area contributed by atoms with Crippen molar-refractivity contribution in [3.63, 3.8) is 0 Å². The molecule has 0 radical (unpaired) electrons. The van der Waals surface area contributed by atoms with Gasteiger partial charge in [-0.2, -0.15) is 0 Å². The summed E-state index contributed by atoms with van der Waals surface area (Å²) in [4.78, 5) is 35.6. The molecular formula is C13H15N3O5. The number of nitro groups is 1. The van der Waals surface area contributed by atoms with Crippen LogP contribution >= 0.6 is 0 Å². The molecule has 2 rings (SSSR count). The highest BCUT2D eigenvalue weighted by Gasteiger charge is 2.26. The fourth-order valence-electron chi connectivity index (χ4n) is 2.25. The van der Waals surface area contributed by atoms with Crippen LogP contribution in [0.1, 0.15) is 12.0 Å². The van der Waals surface area contributed by atoms with Crippen LogP contribution in [0, 0.1) is 10.1 Å². The van der Waals surface area contributed by atoms with Crippen molar-refractivity contribution in [2.24, 2.45) is 0 Å². The van der Waals surface area contributed by atoms with Gasteiger partial charge in [-0.15, -0.1) is 0 Å². The molecule has 1 aliphatic heterocycles. The highest BCUT2D eigenvalue weighted by atomic mass is 16.6. The molecule has 21 heavy (non-hydrogen) atoms. The molecule has 1 N–H and O–H groups in total. The van der Waals surface area contributed by atoms with E-state index >= 15 is 0 Å². The fourth-order valence-corrected chi connectivity index (χ4v) is 2.25. The summed E-state index contributed by atoms with van der Waals surface area (Å²) in [5.41, 5.74) is 1.35. The van der Waals surface area contributed by atoms with E-state index in [0.717, 1.165) is 10.5 Å². The number of hydrogen-bond donors (Lipinski definition) is 1. The quantitative estimate of drug-likeness (QED) is 0.669. The molecule has 1 aromatic carbocycles. The topological polar surface area (TPSA) is 104 Å². The van der Waals surface area contributed by atoms with Crippen LogP contribution in [0.3, 0.4) is 0 Å². The van der Waals surface area contributed by atoms with Crippen molar-refractivity contribution >= 4 is 23.4 Å². The van der Waals surface area contributed by atoms with Crippen molar-refractivity contribution in [3.05, 3.63) is 33.9 Å². The number of hydrogen-bond acceptors (Lipinski definition) is 4. The van der Waals surface area contributed by atoms with Gasteiger partial charge in [0.05, 0.1) is 4.92 Å². The van der Waals surface area contributed by atoms with Crippen LogP contribution in [-0.2, 0) is 11.2 Å². The monoisotopic (exact) mass is 293 g/mol. The number of likely N-dealkylation sites (N-methyl/N-ethyl adjacent to an activating group) is 1. The first kappa shape index (κ1) is 14.8. The summed E-state index contributed by atoms with van der Waals surface area (Å²) >= 11 is 0. The first-order chi connectivity index (χ1) is 9.90. The Balaban J connectivity index is 2.22. The number of anilines is 1. The van der Waals surface area contributed by atoms with Gasteiger partial charge in [0.25, 0.3) is 5.69 Å². The van der Waals surface area contributed by atoms with Gasteiger partial charge in [-0.3, -0.25) is 14.9 Å². The molecule has 0 unspecified atom stereocenters. The molecule has 0 saturated heterocycles. The number of rotatable bonds is 4. The lowest BCUT2D eigenvalue weighted by molar-refractivity contribution is -0.384. The minimum Gasteiger partial charge on any atom is -0.465 e. The van der Waals surface area contributed by atoms with E-state index < -0.39 is 11.0 Å². The van der Waals surface area contributed by atoms with Crippen LogP contribution in [-0.4, -0.2) is 47.1 Å². The molecule has 0 spiro atoms. The lowest BCUT2D eigenvalue weighted by Crippen LogP contribution is -2.41. The maximum absolute atomic E-state index is 12.0. The minimum atomic E-state index is -1.07. The maximum Gasteiger partial charge on any atom is 0.407 e. The summed E-state index contributed by atoms with van der Waals surface area (Å²) in [5, 5.41) is 19.6. The SMILES string of the molecule is CN(CCN1C(=O)CCc2cc([N+](=O)[O-])ccc21)C(=O)O. The van der Waals surface area contributed by atoms with Crippen LogP contribution in [0.4, 0.5) is 16.2 Å². The number of amides is 2. The lowest BCUT2D eigenvalue weighted by atomic mass is 10.0.